The van der Waals surface area contributed by atoms with Crippen molar-refractivity contribution in [2.75, 3.05) is 4.90 Å². The van der Waals surface area contributed by atoms with E-state index < -0.39 is 0 Å². The zero-order valence-electron chi connectivity index (χ0n) is 41.1. The molecule has 0 spiro atoms. The molecule has 0 unspecified atom stereocenters. The molecule has 10 aromatic rings. The molecule has 71 heavy (non-hydrogen) atoms. The van der Waals surface area contributed by atoms with Crippen LogP contribution in [0.1, 0.15) is 68.7 Å². The second-order valence-electron chi connectivity index (χ2n) is 19.1. The number of benzene rings is 7. The Kier molecular flexibility index (Phi) is 11.1. The first-order chi connectivity index (χ1) is 35.0. The maximum Gasteiger partial charge on any atom is 0.0579 e. The van der Waals surface area contributed by atoms with Gasteiger partial charge in [0.25, 0.3) is 0 Å². The van der Waals surface area contributed by atoms with E-state index in [1.807, 2.05) is 12.2 Å². The summed E-state index contributed by atoms with van der Waals surface area (Å²) in [7, 11) is 0. The lowest BCUT2D eigenvalue weighted by Crippen LogP contribution is -2.21. The summed E-state index contributed by atoms with van der Waals surface area (Å²) < 4.78 is 7.37. The zero-order valence-corrected chi connectivity index (χ0v) is 41.1. The van der Waals surface area contributed by atoms with Gasteiger partial charge in [-0.2, -0.15) is 0 Å². The van der Waals surface area contributed by atoms with Crippen molar-refractivity contribution in [3.05, 3.63) is 235 Å². The van der Waals surface area contributed by atoms with E-state index in [-0.39, 0.29) is 0 Å². The Balaban J connectivity index is 1.09. The van der Waals surface area contributed by atoms with Gasteiger partial charge >= 0.3 is 0 Å². The van der Waals surface area contributed by atoms with Crippen molar-refractivity contribution >= 4 is 82.4 Å². The van der Waals surface area contributed by atoms with Crippen LogP contribution in [0.3, 0.4) is 0 Å². The third-order valence-electron chi connectivity index (χ3n) is 15.0. The summed E-state index contributed by atoms with van der Waals surface area (Å²) in [4.78, 5) is 2.33. The average Bonchev–Trinajstić information content (AvgIpc) is 4.04. The average molecular weight is 922 g/mol. The Labute approximate surface area is 416 Å². The molecule has 3 aromatic heterocycles. The van der Waals surface area contributed by atoms with Crippen molar-refractivity contribution in [2.24, 2.45) is 5.73 Å². The highest BCUT2D eigenvalue weighted by Crippen LogP contribution is 2.48. The number of anilines is 1. The van der Waals surface area contributed by atoms with Gasteiger partial charge in [-0.25, -0.2) is 0 Å². The Morgan fingerprint density at radius 2 is 1.20 bits per heavy atom. The molecule has 0 saturated carbocycles. The van der Waals surface area contributed by atoms with Crippen LogP contribution in [0.2, 0.25) is 0 Å². The van der Waals surface area contributed by atoms with E-state index >= 15 is 0 Å². The first-order valence-electron chi connectivity index (χ1n) is 25.5. The fourth-order valence-corrected chi connectivity index (χ4v) is 12.1. The SMILES string of the molecule is C=C/C(=C\CC)n1c2ccc(-n3c4ccccc4c4ccccc43)cc2c2cc(CCC)c3c(c21)CCC1=C/Cc2cc(-n4c5ccccc5c5ccccc54)ccc2N(C(/C=C\N)=C/CC)C(=C)/C=C\13. The van der Waals surface area contributed by atoms with E-state index in [0.717, 1.165) is 79.1 Å². The number of rotatable bonds is 10. The van der Waals surface area contributed by atoms with Crippen molar-refractivity contribution in [1.29, 1.82) is 0 Å². The summed E-state index contributed by atoms with van der Waals surface area (Å²) >= 11 is 0. The number of hydrogen-bond acceptors (Lipinski definition) is 2. The summed E-state index contributed by atoms with van der Waals surface area (Å²) in [6.45, 7) is 16.1. The molecule has 0 amide bonds. The van der Waals surface area contributed by atoms with Gasteiger partial charge in [0.05, 0.1) is 33.1 Å². The molecule has 0 radical (unpaired) electrons. The van der Waals surface area contributed by atoms with Gasteiger partial charge in [0.15, 0.2) is 0 Å². The van der Waals surface area contributed by atoms with Crippen molar-refractivity contribution in [1.82, 2.24) is 13.7 Å². The lowest BCUT2D eigenvalue weighted by atomic mass is 9.78. The maximum absolute atomic E-state index is 6.27. The Bertz CT molecular complexity index is 3890. The minimum atomic E-state index is 0.759. The molecule has 5 nitrogen and oxygen atoms in total. The molecule has 2 aliphatic rings. The molecule has 0 saturated heterocycles. The van der Waals surface area contributed by atoms with Crippen molar-refractivity contribution in [3.8, 4) is 11.4 Å². The third-order valence-corrected chi connectivity index (χ3v) is 15.0. The van der Waals surface area contributed by atoms with Crippen LogP contribution in [-0.4, -0.2) is 13.7 Å². The highest BCUT2D eigenvalue weighted by molar-refractivity contribution is 6.15. The van der Waals surface area contributed by atoms with E-state index in [1.165, 1.54) is 98.8 Å². The Hall–Kier alpha value is -8.28. The smallest absolute Gasteiger partial charge is 0.0579 e. The van der Waals surface area contributed by atoms with Crippen molar-refractivity contribution in [3.63, 3.8) is 0 Å². The standard InChI is InChI=1S/C66H59N5/c1-6-18-46-41-58-57-42-50(70-62-27-16-12-23-53(62)54-24-13-17-28-63(54)70)33-36-64(57)71(47(9-4)19-7-2)66(58)55-34-31-44-29-30-45-40-49(69-60-25-14-10-21-51(60)52-22-11-15-26-61(52)69)32-35-59(45)68(48(20-8-3)37-38-67)43(5)39-56(44)65(46)55/h9-17,19-29,32-33,35-42H,4-8,18,30-31,34,67H2,1-3H3/b38-37-,44-29-,47-19+,48-20+,56-39+. The number of allylic oxidation sites excluding steroid dienone is 9. The van der Waals surface area contributed by atoms with Gasteiger partial charge in [0.1, 0.15) is 0 Å². The predicted molar refractivity (Wildman–Crippen MR) is 305 cm³/mol. The van der Waals surface area contributed by atoms with Crippen LogP contribution in [0.15, 0.2) is 212 Å². The molecule has 0 fully saturated rings. The highest BCUT2D eigenvalue weighted by Gasteiger charge is 2.30. The Morgan fingerprint density at radius 1 is 0.620 bits per heavy atom. The number of nitrogens with zero attached hydrogens (tertiary/aromatic N) is 4. The number of aromatic nitrogens is 3. The molecular weight excluding hydrogens is 863 g/mol. The molecule has 12 rings (SSSR count). The van der Waals surface area contributed by atoms with E-state index in [1.54, 1.807) is 6.20 Å². The van der Waals surface area contributed by atoms with E-state index in [0.29, 0.717) is 0 Å². The molecule has 1 aliphatic carbocycles. The number of nitrogens with two attached hydrogens (primary N) is 1. The highest BCUT2D eigenvalue weighted by atomic mass is 15.2. The fourth-order valence-electron chi connectivity index (χ4n) is 12.1. The number of para-hydroxylation sites is 4. The monoisotopic (exact) mass is 921 g/mol. The van der Waals surface area contributed by atoms with Crippen LogP contribution in [0, 0.1) is 0 Å². The molecule has 0 atom stereocenters. The Morgan fingerprint density at radius 3 is 1.77 bits per heavy atom. The first-order valence-corrected chi connectivity index (χ1v) is 25.5. The predicted octanol–water partition coefficient (Wildman–Crippen LogP) is 17.0. The summed E-state index contributed by atoms with van der Waals surface area (Å²) in [6.07, 6.45) is 21.5. The molecule has 0 bridgehead atoms. The van der Waals surface area contributed by atoms with Crippen LogP contribution in [0.25, 0.3) is 88.1 Å². The quantitative estimate of drug-likeness (QED) is 0.139. The lowest BCUT2D eigenvalue weighted by molar-refractivity contribution is 0.889. The number of fused-ring (bicyclic) bond motifs is 14. The summed E-state index contributed by atoms with van der Waals surface area (Å²) in [5.41, 5.74) is 28.0. The summed E-state index contributed by atoms with van der Waals surface area (Å²) in [5.74, 6) is 0. The number of hydrogen-bond donors (Lipinski definition) is 1. The van der Waals surface area contributed by atoms with E-state index in [9.17, 15) is 0 Å². The topological polar surface area (TPSA) is 44.0 Å². The molecule has 4 heterocycles. The van der Waals surface area contributed by atoms with Crippen LogP contribution >= 0.6 is 0 Å². The van der Waals surface area contributed by atoms with Crippen LogP contribution < -0.4 is 10.6 Å². The second kappa shape index (κ2) is 17.9. The van der Waals surface area contributed by atoms with Crippen LogP contribution in [0.4, 0.5) is 5.69 Å². The van der Waals surface area contributed by atoms with E-state index in [4.69, 9.17) is 12.3 Å². The summed E-state index contributed by atoms with van der Waals surface area (Å²) in [6, 6.07) is 51.7. The van der Waals surface area contributed by atoms with Crippen LogP contribution in [-0.2, 0) is 19.3 Å². The third kappa shape index (κ3) is 6.97. The molecule has 2 N–H and O–H groups in total. The fraction of sp³-hybridized carbons (Fsp3) is 0.152. The van der Waals surface area contributed by atoms with Crippen molar-refractivity contribution < 1.29 is 0 Å². The molecule has 5 heteroatoms. The lowest BCUT2D eigenvalue weighted by Gasteiger charge is -2.30. The minimum absolute atomic E-state index is 0.759. The summed E-state index contributed by atoms with van der Waals surface area (Å²) in [5, 5.41) is 7.58. The van der Waals surface area contributed by atoms with Gasteiger partial charge in [0, 0.05) is 66.5 Å². The normalized spacial score (nSPS) is 16.0. The van der Waals surface area contributed by atoms with Gasteiger partial charge in [-0.3, -0.25) is 0 Å². The van der Waals surface area contributed by atoms with E-state index in [2.05, 4.69) is 210 Å². The zero-order chi connectivity index (χ0) is 48.3. The van der Waals surface area contributed by atoms with Gasteiger partial charge in [0.2, 0.25) is 0 Å². The van der Waals surface area contributed by atoms with Gasteiger partial charge in [-0.1, -0.05) is 131 Å². The molecule has 1 aliphatic heterocycles. The maximum atomic E-state index is 6.27. The molecule has 348 valence electrons. The van der Waals surface area contributed by atoms with Gasteiger partial charge in [-0.05, 0) is 163 Å². The molecule has 7 aromatic carbocycles. The second-order valence-corrected chi connectivity index (χ2v) is 19.1. The van der Waals surface area contributed by atoms with Crippen molar-refractivity contribution in [2.45, 2.75) is 65.7 Å². The number of aryl methyl sites for hydroxylation is 2. The van der Waals surface area contributed by atoms with Crippen LogP contribution in [0.5, 0.6) is 0 Å². The largest absolute Gasteiger partial charge is 0.405 e. The van der Waals surface area contributed by atoms with Gasteiger partial charge < -0.3 is 24.3 Å². The first kappa shape index (κ1) is 44.0. The molecular formula is C66H59N5. The van der Waals surface area contributed by atoms with Gasteiger partial charge in [-0.15, -0.1) is 0 Å². The minimum Gasteiger partial charge on any atom is -0.405 e.